The molecule has 0 bridgehead atoms. The van der Waals surface area contributed by atoms with Gasteiger partial charge < -0.3 is 15.4 Å². The van der Waals surface area contributed by atoms with Crippen molar-refractivity contribution >= 4 is 11.8 Å². The summed E-state index contributed by atoms with van der Waals surface area (Å²) in [5, 5.41) is 5.38. The largest absolute Gasteiger partial charge is 0.497 e. The van der Waals surface area contributed by atoms with Crippen molar-refractivity contribution in [3.8, 4) is 5.75 Å². The normalized spacial score (nSPS) is 9.77. The van der Waals surface area contributed by atoms with Crippen LogP contribution in [0.5, 0.6) is 5.75 Å². The van der Waals surface area contributed by atoms with E-state index in [1.165, 1.54) is 11.1 Å². The zero-order valence-corrected chi connectivity index (χ0v) is 18.4. The Labute approximate surface area is 187 Å². The van der Waals surface area contributed by atoms with Crippen molar-refractivity contribution in [3.05, 3.63) is 101 Å². The van der Waals surface area contributed by atoms with Crippen LogP contribution in [0.3, 0.4) is 0 Å². The first kappa shape index (κ1) is 23.7. The summed E-state index contributed by atoms with van der Waals surface area (Å²) in [6.45, 7) is 4.62. The molecule has 166 valence electrons. The maximum absolute atomic E-state index is 11.8. The number of carbonyl (C=O) groups is 2. The molecule has 2 N–H and O–H groups in total. The smallest absolute Gasteiger partial charge is 0.239 e. The Balaban J connectivity index is 0.000000870. The predicted octanol–water partition coefficient (Wildman–Crippen LogP) is 4.47. The lowest BCUT2D eigenvalue weighted by Crippen LogP contribution is -2.37. The third-order valence-corrected chi connectivity index (χ3v) is 4.52. The summed E-state index contributed by atoms with van der Waals surface area (Å²) in [5.41, 5.74) is 4.55. The standard InChI is InChI=1S/C18H20N2O3.C8H10.2H2/c1-23-16-9-7-14(8-10-16)11-17(21)20-13-18(22)19-12-15-5-3-2-4-6-15;1-7-3-5-8(2)6-4-7;;/h2-10H,11-13H2,1H3,(H,19,22)(H,20,21);3-6H,1-2H3;2*1H. The van der Waals surface area contributed by atoms with Crippen LogP contribution in [-0.4, -0.2) is 25.5 Å². The van der Waals surface area contributed by atoms with Gasteiger partial charge in [0, 0.05) is 9.40 Å². The minimum Gasteiger partial charge on any atom is -0.497 e. The van der Waals surface area contributed by atoms with E-state index in [9.17, 15) is 9.59 Å². The molecule has 0 aliphatic carbocycles. The highest BCUT2D eigenvalue weighted by Crippen LogP contribution is 2.11. The summed E-state index contributed by atoms with van der Waals surface area (Å²) in [6.07, 6.45) is 0.232. The molecule has 5 heteroatoms. The quantitative estimate of drug-likeness (QED) is 0.590. The van der Waals surface area contributed by atoms with Crippen molar-refractivity contribution in [2.45, 2.75) is 26.8 Å². The molecule has 0 atom stereocenters. The third-order valence-electron chi connectivity index (χ3n) is 4.52. The molecule has 0 fully saturated rings. The molecule has 31 heavy (non-hydrogen) atoms. The van der Waals surface area contributed by atoms with E-state index >= 15 is 0 Å². The van der Waals surface area contributed by atoms with Gasteiger partial charge in [0.05, 0.1) is 20.1 Å². The first-order valence-corrected chi connectivity index (χ1v) is 10.2. The Hall–Kier alpha value is -3.60. The van der Waals surface area contributed by atoms with Gasteiger partial charge in [-0.15, -0.1) is 0 Å². The number of ether oxygens (including phenoxy) is 1. The van der Waals surface area contributed by atoms with Crippen molar-refractivity contribution in [1.82, 2.24) is 10.6 Å². The van der Waals surface area contributed by atoms with E-state index < -0.39 is 0 Å². The topological polar surface area (TPSA) is 67.4 Å². The third kappa shape index (κ3) is 9.63. The van der Waals surface area contributed by atoms with Crippen LogP contribution in [0.25, 0.3) is 0 Å². The summed E-state index contributed by atoms with van der Waals surface area (Å²) >= 11 is 0. The van der Waals surface area contributed by atoms with E-state index in [1.807, 2.05) is 42.5 Å². The van der Waals surface area contributed by atoms with Crippen LogP contribution in [0.15, 0.2) is 78.9 Å². The van der Waals surface area contributed by atoms with E-state index in [0.717, 1.165) is 16.9 Å². The Morgan fingerprint density at radius 1 is 0.742 bits per heavy atom. The molecular formula is C26H34N2O3. The van der Waals surface area contributed by atoms with Gasteiger partial charge in [0.15, 0.2) is 0 Å². The van der Waals surface area contributed by atoms with E-state index in [0.29, 0.717) is 6.54 Å². The number of nitrogens with one attached hydrogen (secondary N) is 2. The van der Waals surface area contributed by atoms with Gasteiger partial charge in [-0.1, -0.05) is 77.9 Å². The number of methoxy groups -OCH3 is 1. The molecule has 0 radical (unpaired) electrons. The summed E-state index contributed by atoms with van der Waals surface area (Å²) in [5.74, 6) is 0.344. The van der Waals surface area contributed by atoms with Gasteiger partial charge in [0.25, 0.3) is 0 Å². The predicted molar refractivity (Wildman–Crippen MR) is 128 cm³/mol. The highest BCUT2D eigenvalue weighted by atomic mass is 16.5. The summed E-state index contributed by atoms with van der Waals surface area (Å²) in [6, 6.07) is 25.4. The lowest BCUT2D eigenvalue weighted by Gasteiger charge is -2.07. The molecule has 5 nitrogen and oxygen atoms in total. The molecule has 2 amide bonds. The van der Waals surface area contributed by atoms with E-state index in [-0.39, 0.29) is 27.6 Å². The molecular weight excluding hydrogens is 388 g/mol. The zero-order valence-electron chi connectivity index (χ0n) is 18.4. The maximum Gasteiger partial charge on any atom is 0.239 e. The summed E-state index contributed by atoms with van der Waals surface area (Å²) in [4.78, 5) is 23.5. The number of carbonyl (C=O) groups excluding carboxylic acids is 2. The maximum atomic E-state index is 11.8. The van der Waals surface area contributed by atoms with Gasteiger partial charge in [-0.2, -0.15) is 0 Å². The summed E-state index contributed by atoms with van der Waals surface area (Å²) < 4.78 is 5.06. The monoisotopic (exact) mass is 422 g/mol. The van der Waals surface area contributed by atoms with Crippen molar-refractivity contribution in [1.29, 1.82) is 0 Å². The van der Waals surface area contributed by atoms with E-state index in [1.54, 1.807) is 19.2 Å². The van der Waals surface area contributed by atoms with Crippen molar-refractivity contribution in [2.75, 3.05) is 13.7 Å². The number of benzene rings is 3. The SMILES string of the molecule is COc1ccc(CC(=O)NCC(=O)NCc2ccccc2)cc1.Cc1ccc(C)cc1.[HH].[HH]. The number of hydrogen-bond acceptors (Lipinski definition) is 3. The molecule has 0 spiro atoms. The molecule has 0 aliphatic heterocycles. The Morgan fingerprint density at radius 3 is 1.87 bits per heavy atom. The first-order chi connectivity index (χ1) is 15.0. The van der Waals surface area contributed by atoms with Crippen LogP contribution in [-0.2, 0) is 22.6 Å². The molecule has 0 aliphatic rings. The fourth-order valence-corrected chi connectivity index (χ4v) is 2.67. The van der Waals surface area contributed by atoms with E-state index in [2.05, 4.69) is 48.7 Å². The number of hydrogen-bond donors (Lipinski definition) is 2. The molecule has 3 rings (SSSR count). The zero-order chi connectivity index (χ0) is 22.5. The number of aryl methyl sites for hydroxylation is 2. The van der Waals surface area contributed by atoms with Crippen LogP contribution in [0.4, 0.5) is 0 Å². The van der Waals surface area contributed by atoms with Crippen molar-refractivity contribution < 1.29 is 17.2 Å². The van der Waals surface area contributed by atoms with Crippen LogP contribution in [0.2, 0.25) is 0 Å². The lowest BCUT2D eigenvalue weighted by molar-refractivity contribution is -0.125. The Morgan fingerprint density at radius 2 is 1.32 bits per heavy atom. The second-order valence-corrected chi connectivity index (χ2v) is 7.22. The Kier molecular flexibility index (Phi) is 9.82. The first-order valence-electron chi connectivity index (χ1n) is 10.2. The number of amides is 2. The van der Waals surface area contributed by atoms with E-state index in [4.69, 9.17) is 4.74 Å². The molecule has 0 heterocycles. The molecule has 3 aromatic rings. The van der Waals surface area contributed by atoms with Crippen LogP contribution < -0.4 is 15.4 Å². The molecule has 0 unspecified atom stereocenters. The average molecular weight is 423 g/mol. The minimum absolute atomic E-state index is 0. The van der Waals surface area contributed by atoms with Crippen LogP contribution in [0, 0.1) is 13.8 Å². The lowest BCUT2D eigenvalue weighted by atomic mass is 10.1. The van der Waals surface area contributed by atoms with Gasteiger partial charge in [-0.25, -0.2) is 0 Å². The average Bonchev–Trinajstić information content (AvgIpc) is 2.80. The van der Waals surface area contributed by atoms with Crippen molar-refractivity contribution in [3.63, 3.8) is 0 Å². The second kappa shape index (κ2) is 12.9. The van der Waals surface area contributed by atoms with Crippen LogP contribution in [0.1, 0.15) is 25.1 Å². The highest BCUT2D eigenvalue weighted by Gasteiger charge is 2.06. The fraction of sp³-hybridized carbons (Fsp3) is 0.231. The second-order valence-electron chi connectivity index (χ2n) is 7.22. The summed E-state index contributed by atoms with van der Waals surface area (Å²) in [7, 11) is 1.59. The number of rotatable bonds is 7. The molecule has 0 saturated heterocycles. The van der Waals surface area contributed by atoms with Crippen LogP contribution >= 0.6 is 0 Å². The van der Waals surface area contributed by atoms with Gasteiger partial charge in [0.2, 0.25) is 11.8 Å². The van der Waals surface area contributed by atoms with Gasteiger partial charge in [-0.3, -0.25) is 9.59 Å². The minimum atomic E-state index is -0.211. The molecule has 3 aromatic carbocycles. The fourth-order valence-electron chi connectivity index (χ4n) is 2.67. The van der Waals surface area contributed by atoms with Gasteiger partial charge in [0.1, 0.15) is 5.75 Å². The Bertz CT molecular complexity index is 927. The molecule has 0 aromatic heterocycles. The highest BCUT2D eigenvalue weighted by molar-refractivity contribution is 5.85. The van der Waals surface area contributed by atoms with Gasteiger partial charge in [-0.05, 0) is 37.1 Å². The van der Waals surface area contributed by atoms with Crippen molar-refractivity contribution in [2.24, 2.45) is 0 Å². The van der Waals surface area contributed by atoms with Gasteiger partial charge >= 0.3 is 0 Å². The molecule has 0 saturated carbocycles.